The molecule has 106 valence electrons. The Labute approximate surface area is 110 Å². The predicted molar refractivity (Wildman–Crippen MR) is 73.2 cm³/mol. The van der Waals surface area contributed by atoms with Crippen molar-refractivity contribution in [3.8, 4) is 0 Å². The van der Waals surface area contributed by atoms with E-state index in [1.807, 2.05) is 0 Å². The van der Waals surface area contributed by atoms with Crippen LogP contribution in [0.5, 0.6) is 0 Å². The van der Waals surface area contributed by atoms with E-state index in [4.69, 9.17) is 0 Å². The van der Waals surface area contributed by atoms with Gasteiger partial charge in [0.25, 0.3) is 0 Å². The number of carbonyl (C=O) groups is 2. The van der Waals surface area contributed by atoms with Crippen LogP contribution in [0.4, 0.5) is 4.79 Å². The number of nitrogens with one attached hydrogen (secondary N) is 3. The van der Waals surface area contributed by atoms with Crippen molar-refractivity contribution in [1.82, 2.24) is 16.0 Å². The summed E-state index contributed by atoms with van der Waals surface area (Å²) in [4.78, 5) is 22.6. The lowest BCUT2D eigenvalue weighted by Gasteiger charge is -2.26. The smallest absolute Gasteiger partial charge is 0.321 e. The molecule has 0 bridgehead atoms. The maximum Gasteiger partial charge on any atom is 0.321 e. The van der Waals surface area contributed by atoms with Gasteiger partial charge in [0.15, 0.2) is 0 Å². The molecule has 0 rings (SSSR count). The number of imide groups is 1. The summed E-state index contributed by atoms with van der Waals surface area (Å²) >= 11 is 0. The van der Waals surface area contributed by atoms with Crippen molar-refractivity contribution in [3.05, 3.63) is 0 Å². The summed E-state index contributed by atoms with van der Waals surface area (Å²) in [6, 6.07) is -0.847. The summed E-state index contributed by atoms with van der Waals surface area (Å²) in [5, 5.41) is 7.80. The highest BCUT2D eigenvalue weighted by Gasteiger charge is 2.20. The first-order chi connectivity index (χ1) is 8.29. The van der Waals surface area contributed by atoms with Gasteiger partial charge in [0.2, 0.25) is 5.91 Å². The zero-order chi connectivity index (χ0) is 14.3. The van der Waals surface area contributed by atoms with Gasteiger partial charge in [-0.1, -0.05) is 27.7 Å². The highest BCUT2D eigenvalue weighted by atomic mass is 16.2. The minimum Gasteiger partial charge on any atom is -0.341 e. The lowest BCUT2D eigenvalue weighted by molar-refractivity contribution is -0.121. The van der Waals surface area contributed by atoms with E-state index in [-0.39, 0.29) is 11.9 Å². The second-order valence-corrected chi connectivity index (χ2v) is 5.35. The highest BCUT2D eigenvalue weighted by Crippen LogP contribution is 2.19. The van der Waals surface area contributed by atoms with Gasteiger partial charge in [-0.25, -0.2) is 4.79 Å². The van der Waals surface area contributed by atoms with Gasteiger partial charge in [-0.2, -0.15) is 0 Å². The molecule has 3 N–H and O–H groups in total. The van der Waals surface area contributed by atoms with Gasteiger partial charge >= 0.3 is 6.03 Å². The summed E-state index contributed by atoms with van der Waals surface area (Å²) < 4.78 is 0. The van der Waals surface area contributed by atoms with Crippen LogP contribution < -0.4 is 16.0 Å². The molecule has 1 atom stereocenters. The number of carbonyl (C=O) groups excluding carboxylic acids is 2. The number of hydrogen-bond acceptors (Lipinski definition) is 3. The highest BCUT2D eigenvalue weighted by molar-refractivity contribution is 5.96. The van der Waals surface area contributed by atoms with E-state index in [0.29, 0.717) is 17.8 Å². The molecule has 3 amide bonds. The Hall–Kier alpha value is -1.10. The molecule has 5 nitrogen and oxygen atoms in total. The molecule has 0 aliphatic rings. The first-order valence-electron chi connectivity index (χ1n) is 6.55. The van der Waals surface area contributed by atoms with Crippen LogP contribution in [0, 0.1) is 17.8 Å². The quantitative estimate of drug-likeness (QED) is 0.672. The van der Waals surface area contributed by atoms with Crippen molar-refractivity contribution < 1.29 is 9.59 Å². The van der Waals surface area contributed by atoms with Crippen LogP contribution in [0.25, 0.3) is 0 Å². The van der Waals surface area contributed by atoms with Crippen LogP contribution in [0.15, 0.2) is 0 Å². The Bertz CT molecular complexity index is 269. The van der Waals surface area contributed by atoms with E-state index >= 15 is 0 Å². The second kappa shape index (κ2) is 8.08. The topological polar surface area (TPSA) is 70.2 Å². The minimum absolute atomic E-state index is 0.305. The molecule has 0 saturated carbocycles. The predicted octanol–water partition coefficient (Wildman–Crippen LogP) is 1.35. The molecule has 0 aromatic carbocycles. The van der Waals surface area contributed by atoms with E-state index in [1.54, 1.807) is 6.92 Å². The van der Waals surface area contributed by atoms with Crippen molar-refractivity contribution in [1.29, 1.82) is 0 Å². The summed E-state index contributed by atoms with van der Waals surface area (Å²) in [7, 11) is 1.48. The Morgan fingerprint density at radius 2 is 1.50 bits per heavy atom. The third-order valence-electron chi connectivity index (χ3n) is 3.23. The fourth-order valence-corrected chi connectivity index (χ4v) is 1.93. The lowest BCUT2D eigenvalue weighted by atomic mass is 9.85. The van der Waals surface area contributed by atoms with Crippen LogP contribution in [0.1, 0.15) is 34.6 Å². The van der Waals surface area contributed by atoms with Gasteiger partial charge in [-0.15, -0.1) is 0 Å². The number of urea groups is 1. The molecule has 0 heterocycles. The first-order valence-corrected chi connectivity index (χ1v) is 6.55. The maximum absolute atomic E-state index is 11.6. The van der Waals surface area contributed by atoms with Crippen molar-refractivity contribution in [3.63, 3.8) is 0 Å². The van der Waals surface area contributed by atoms with E-state index in [2.05, 4.69) is 43.6 Å². The average Bonchev–Trinajstić information content (AvgIpc) is 2.27. The van der Waals surface area contributed by atoms with E-state index in [0.717, 1.165) is 6.54 Å². The van der Waals surface area contributed by atoms with Crippen LogP contribution >= 0.6 is 0 Å². The van der Waals surface area contributed by atoms with E-state index < -0.39 is 6.03 Å². The van der Waals surface area contributed by atoms with Crippen LogP contribution in [0.2, 0.25) is 0 Å². The molecule has 0 aromatic rings. The fraction of sp³-hybridized carbons (Fsp3) is 0.846. The second-order valence-electron chi connectivity index (χ2n) is 5.35. The van der Waals surface area contributed by atoms with E-state index in [9.17, 15) is 9.59 Å². The number of amides is 3. The molecule has 0 aromatic heterocycles. The zero-order valence-corrected chi connectivity index (χ0v) is 12.3. The standard InChI is InChI=1S/C13H27N3O2/c1-8(2)11(9(3)4)7-15-10(5)12(17)16-13(18)14-6/h8-11,15H,7H2,1-6H3,(H2,14,16,17,18). The molecule has 1 unspecified atom stereocenters. The lowest BCUT2D eigenvalue weighted by Crippen LogP contribution is -2.48. The van der Waals surface area contributed by atoms with Gasteiger partial charge in [-0.3, -0.25) is 10.1 Å². The molecule has 18 heavy (non-hydrogen) atoms. The van der Waals surface area contributed by atoms with Gasteiger partial charge in [0, 0.05) is 7.05 Å². The summed E-state index contributed by atoms with van der Waals surface area (Å²) in [6.45, 7) is 11.3. The maximum atomic E-state index is 11.6. The van der Waals surface area contributed by atoms with Crippen molar-refractivity contribution >= 4 is 11.9 Å². The summed E-state index contributed by atoms with van der Waals surface area (Å²) in [6.07, 6.45) is 0. The molecule has 0 aliphatic carbocycles. The van der Waals surface area contributed by atoms with Crippen molar-refractivity contribution in [2.45, 2.75) is 40.7 Å². The van der Waals surface area contributed by atoms with Crippen molar-refractivity contribution in [2.75, 3.05) is 13.6 Å². The first kappa shape index (κ1) is 16.9. The van der Waals surface area contributed by atoms with Gasteiger partial charge in [0.05, 0.1) is 6.04 Å². The van der Waals surface area contributed by atoms with Crippen molar-refractivity contribution in [2.24, 2.45) is 17.8 Å². The largest absolute Gasteiger partial charge is 0.341 e. The molecule has 0 saturated heterocycles. The van der Waals surface area contributed by atoms with Gasteiger partial charge in [-0.05, 0) is 31.2 Å². The molecule has 5 heteroatoms. The number of rotatable bonds is 6. The van der Waals surface area contributed by atoms with Gasteiger partial charge < -0.3 is 10.6 Å². The Morgan fingerprint density at radius 3 is 1.89 bits per heavy atom. The van der Waals surface area contributed by atoms with Gasteiger partial charge in [0.1, 0.15) is 0 Å². The Kier molecular flexibility index (Phi) is 7.59. The molecular weight excluding hydrogens is 230 g/mol. The summed E-state index contributed by atoms with van der Waals surface area (Å²) in [5.74, 6) is 1.33. The molecule has 0 spiro atoms. The average molecular weight is 257 g/mol. The third kappa shape index (κ3) is 6.00. The molecule has 0 aliphatic heterocycles. The Morgan fingerprint density at radius 1 is 1.00 bits per heavy atom. The Balaban J connectivity index is 4.19. The monoisotopic (exact) mass is 257 g/mol. The normalized spacial score (nSPS) is 12.9. The zero-order valence-electron chi connectivity index (χ0n) is 12.3. The summed E-state index contributed by atoms with van der Waals surface area (Å²) in [5.41, 5.74) is 0. The molecule has 0 fully saturated rings. The third-order valence-corrected chi connectivity index (χ3v) is 3.23. The van der Waals surface area contributed by atoms with Crippen LogP contribution in [-0.4, -0.2) is 31.6 Å². The van der Waals surface area contributed by atoms with Crippen LogP contribution in [-0.2, 0) is 4.79 Å². The number of hydrogen-bond donors (Lipinski definition) is 3. The SMILES string of the molecule is CNC(=O)NC(=O)C(C)NCC(C(C)C)C(C)C. The van der Waals surface area contributed by atoms with E-state index in [1.165, 1.54) is 7.05 Å². The molecule has 0 radical (unpaired) electrons. The minimum atomic E-state index is -0.474. The van der Waals surface area contributed by atoms with Crippen LogP contribution in [0.3, 0.4) is 0 Å². The fourth-order valence-electron chi connectivity index (χ4n) is 1.93. The molecular formula is C13H27N3O2.